The molecule has 0 bridgehead atoms. The first-order valence-corrected chi connectivity index (χ1v) is 5.56. The highest BCUT2D eigenvalue weighted by Crippen LogP contribution is 1.95. The molecule has 0 aliphatic carbocycles. The minimum atomic E-state index is -0.573. The first-order valence-electron chi connectivity index (χ1n) is 5.56. The van der Waals surface area contributed by atoms with Crippen LogP contribution >= 0.6 is 0 Å². The lowest BCUT2D eigenvalue weighted by Crippen LogP contribution is -2.40. The van der Waals surface area contributed by atoms with Gasteiger partial charge in [-0.3, -0.25) is 14.2 Å². The van der Waals surface area contributed by atoms with Crippen LogP contribution in [-0.2, 0) is 11.3 Å². The third-order valence-electron chi connectivity index (χ3n) is 2.29. The summed E-state index contributed by atoms with van der Waals surface area (Å²) in [5.74, 6) is 0.169. The fourth-order valence-corrected chi connectivity index (χ4v) is 1.30. The molecule has 17 heavy (non-hydrogen) atoms. The van der Waals surface area contributed by atoms with E-state index in [0.29, 0.717) is 12.5 Å². The number of amides is 1. The molecule has 0 atom stereocenters. The van der Waals surface area contributed by atoms with E-state index in [2.05, 4.69) is 24.1 Å². The number of carbonyl (C=O) groups excluding carboxylic acids is 1. The largest absolute Gasteiger partial charge is 0.355 e. The van der Waals surface area contributed by atoms with Crippen LogP contribution in [0.3, 0.4) is 0 Å². The van der Waals surface area contributed by atoms with Crippen LogP contribution < -0.4 is 16.6 Å². The summed E-state index contributed by atoms with van der Waals surface area (Å²) < 4.78 is 0.866. The van der Waals surface area contributed by atoms with Crippen LogP contribution in [0.5, 0.6) is 0 Å². The summed E-state index contributed by atoms with van der Waals surface area (Å²) in [6, 6.07) is 1.21. The number of hydrogen-bond donors (Lipinski definition) is 2. The van der Waals surface area contributed by atoms with Gasteiger partial charge in [0.15, 0.2) is 0 Å². The first-order chi connectivity index (χ1) is 8.00. The molecule has 0 unspecified atom stereocenters. The topological polar surface area (TPSA) is 84.0 Å². The van der Waals surface area contributed by atoms with Gasteiger partial charge in [0.2, 0.25) is 5.91 Å². The van der Waals surface area contributed by atoms with E-state index >= 15 is 0 Å². The minimum absolute atomic E-state index is 0.243. The van der Waals surface area contributed by atoms with E-state index in [-0.39, 0.29) is 12.5 Å². The van der Waals surface area contributed by atoms with E-state index in [9.17, 15) is 14.4 Å². The lowest BCUT2D eigenvalue weighted by molar-refractivity contribution is -0.121. The maximum atomic E-state index is 11.5. The average molecular weight is 239 g/mol. The van der Waals surface area contributed by atoms with Gasteiger partial charge in [0.1, 0.15) is 6.54 Å². The zero-order valence-corrected chi connectivity index (χ0v) is 10.0. The summed E-state index contributed by atoms with van der Waals surface area (Å²) in [6.07, 6.45) is 2.13. The van der Waals surface area contributed by atoms with Gasteiger partial charge in [0.05, 0.1) is 0 Å². The highest BCUT2D eigenvalue weighted by atomic mass is 16.2. The van der Waals surface area contributed by atoms with E-state index in [1.807, 2.05) is 0 Å². The number of carbonyl (C=O) groups is 1. The Bertz CT molecular complexity index is 459. The Kier molecular flexibility index (Phi) is 4.68. The van der Waals surface area contributed by atoms with Crippen molar-refractivity contribution in [3.63, 3.8) is 0 Å². The fourth-order valence-electron chi connectivity index (χ4n) is 1.30. The normalized spacial score (nSPS) is 10.5. The SMILES string of the molecule is CC(C)CCNC(=O)Cn1c(=O)cc[nH]c1=O. The van der Waals surface area contributed by atoms with Crippen LogP contribution in [0.4, 0.5) is 0 Å². The molecule has 0 aliphatic heterocycles. The third kappa shape index (κ3) is 4.26. The molecule has 1 rings (SSSR count). The van der Waals surface area contributed by atoms with Gasteiger partial charge in [0, 0.05) is 18.8 Å². The molecule has 1 heterocycles. The number of nitrogens with zero attached hydrogens (tertiary/aromatic N) is 1. The predicted octanol–water partition coefficient (Wildman–Crippen LogP) is -0.301. The van der Waals surface area contributed by atoms with Gasteiger partial charge >= 0.3 is 5.69 Å². The fraction of sp³-hybridized carbons (Fsp3) is 0.545. The van der Waals surface area contributed by atoms with Crippen LogP contribution in [0.2, 0.25) is 0 Å². The molecule has 0 spiro atoms. The predicted molar refractivity (Wildman–Crippen MR) is 63.8 cm³/mol. The highest BCUT2D eigenvalue weighted by Gasteiger charge is 2.06. The number of nitrogens with one attached hydrogen (secondary N) is 2. The third-order valence-corrected chi connectivity index (χ3v) is 2.29. The second-order valence-electron chi connectivity index (χ2n) is 4.24. The van der Waals surface area contributed by atoms with E-state index in [0.717, 1.165) is 11.0 Å². The number of aromatic amines is 1. The first kappa shape index (κ1) is 13.2. The van der Waals surface area contributed by atoms with E-state index in [1.165, 1.54) is 12.3 Å². The summed E-state index contributed by atoms with van der Waals surface area (Å²) in [4.78, 5) is 36.4. The Morgan fingerprint density at radius 3 is 2.76 bits per heavy atom. The molecular formula is C11H17N3O3. The maximum absolute atomic E-state index is 11.5. The van der Waals surface area contributed by atoms with Crippen molar-refractivity contribution in [2.75, 3.05) is 6.54 Å². The number of hydrogen-bond acceptors (Lipinski definition) is 3. The molecule has 94 valence electrons. The molecule has 0 radical (unpaired) electrons. The van der Waals surface area contributed by atoms with Gasteiger partial charge in [-0.05, 0) is 12.3 Å². The Labute approximate surface area is 98.7 Å². The zero-order chi connectivity index (χ0) is 12.8. The molecule has 0 aliphatic rings. The smallest absolute Gasteiger partial charge is 0.328 e. The molecule has 0 fully saturated rings. The number of aromatic nitrogens is 2. The van der Waals surface area contributed by atoms with Crippen molar-refractivity contribution in [1.29, 1.82) is 0 Å². The van der Waals surface area contributed by atoms with Crippen LogP contribution in [0.1, 0.15) is 20.3 Å². The lowest BCUT2D eigenvalue weighted by Gasteiger charge is -2.07. The quantitative estimate of drug-likeness (QED) is 0.739. The van der Waals surface area contributed by atoms with Gasteiger partial charge in [-0.15, -0.1) is 0 Å². The van der Waals surface area contributed by atoms with Gasteiger partial charge < -0.3 is 10.3 Å². The van der Waals surface area contributed by atoms with Crippen molar-refractivity contribution in [1.82, 2.24) is 14.9 Å². The monoisotopic (exact) mass is 239 g/mol. The Morgan fingerprint density at radius 1 is 1.47 bits per heavy atom. The van der Waals surface area contributed by atoms with Gasteiger partial charge in [-0.1, -0.05) is 13.8 Å². The van der Waals surface area contributed by atoms with E-state index in [1.54, 1.807) is 0 Å². The Morgan fingerprint density at radius 2 is 2.18 bits per heavy atom. The molecular weight excluding hydrogens is 222 g/mol. The summed E-state index contributed by atoms with van der Waals surface area (Å²) in [5.41, 5.74) is -1.05. The van der Waals surface area contributed by atoms with Gasteiger partial charge in [-0.25, -0.2) is 4.79 Å². The van der Waals surface area contributed by atoms with E-state index < -0.39 is 11.2 Å². The van der Waals surface area contributed by atoms with Gasteiger partial charge in [-0.2, -0.15) is 0 Å². The van der Waals surface area contributed by atoms with Crippen LogP contribution in [0, 0.1) is 5.92 Å². The molecule has 1 amide bonds. The van der Waals surface area contributed by atoms with Crippen molar-refractivity contribution in [2.45, 2.75) is 26.8 Å². The van der Waals surface area contributed by atoms with Crippen LogP contribution in [0.15, 0.2) is 21.9 Å². The summed E-state index contributed by atoms with van der Waals surface area (Å²) in [7, 11) is 0. The average Bonchev–Trinajstić information content (AvgIpc) is 2.23. The molecule has 1 aromatic heterocycles. The summed E-state index contributed by atoms with van der Waals surface area (Å²) >= 11 is 0. The molecule has 1 aromatic rings. The van der Waals surface area contributed by atoms with Gasteiger partial charge in [0.25, 0.3) is 5.56 Å². The maximum Gasteiger partial charge on any atom is 0.328 e. The molecule has 0 aromatic carbocycles. The Balaban J connectivity index is 2.57. The highest BCUT2D eigenvalue weighted by molar-refractivity contribution is 5.75. The number of rotatable bonds is 5. The van der Waals surface area contributed by atoms with Crippen molar-refractivity contribution in [3.05, 3.63) is 33.1 Å². The van der Waals surface area contributed by atoms with Crippen LogP contribution in [-0.4, -0.2) is 22.0 Å². The van der Waals surface area contributed by atoms with Crippen molar-refractivity contribution in [2.24, 2.45) is 5.92 Å². The molecule has 6 heteroatoms. The van der Waals surface area contributed by atoms with Crippen LogP contribution in [0.25, 0.3) is 0 Å². The molecule has 2 N–H and O–H groups in total. The zero-order valence-electron chi connectivity index (χ0n) is 10.0. The Hall–Kier alpha value is -1.85. The van der Waals surface area contributed by atoms with Crippen molar-refractivity contribution in [3.8, 4) is 0 Å². The minimum Gasteiger partial charge on any atom is -0.355 e. The number of H-pyrrole nitrogens is 1. The molecule has 0 saturated heterocycles. The van der Waals surface area contributed by atoms with Crippen molar-refractivity contribution < 1.29 is 4.79 Å². The second-order valence-corrected chi connectivity index (χ2v) is 4.24. The molecule has 0 saturated carbocycles. The van der Waals surface area contributed by atoms with E-state index in [4.69, 9.17) is 0 Å². The summed E-state index contributed by atoms with van der Waals surface area (Å²) in [6.45, 7) is 4.42. The second kappa shape index (κ2) is 6.03. The standard InChI is InChI=1S/C11H17N3O3/c1-8(2)3-5-12-9(15)7-14-10(16)4-6-13-11(14)17/h4,6,8H,3,5,7H2,1-2H3,(H,12,15)(H,13,17). The van der Waals surface area contributed by atoms with Crippen molar-refractivity contribution >= 4 is 5.91 Å². The lowest BCUT2D eigenvalue weighted by atomic mass is 10.1. The summed E-state index contributed by atoms with van der Waals surface area (Å²) in [5, 5.41) is 2.67. The molecule has 6 nitrogen and oxygen atoms in total.